The summed E-state index contributed by atoms with van der Waals surface area (Å²) < 4.78 is 18.3. The maximum absolute atomic E-state index is 13.2. The van der Waals surface area contributed by atoms with Gasteiger partial charge in [0.15, 0.2) is 5.70 Å². The van der Waals surface area contributed by atoms with Crippen molar-refractivity contribution in [3.8, 4) is 0 Å². The molecule has 0 amide bonds. The van der Waals surface area contributed by atoms with Gasteiger partial charge in [0.2, 0.25) is 5.90 Å². The Bertz CT molecular complexity index is 919. The fourth-order valence-corrected chi connectivity index (χ4v) is 2.23. The summed E-state index contributed by atoms with van der Waals surface area (Å²) in [6.07, 6.45) is 1.39. The molecule has 0 N–H and O–H groups in total. The molecule has 0 aliphatic carbocycles. The van der Waals surface area contributed by atoms with Crippen molar-refractivity contribution in [2.75, 3.05) is 0 Å². The number of rotatable bonds is 3. The molecule has 0 saturated carbocycles. The third kappa shape index (κ3) is 3.05. The normalized spacial score (nSPS) is 15.3. The van der Waals surface area contributed by atoms with Gasteiger partial charge in [0.25, 0.3) is 5.69 Å². The molecule has 0 unspecified atom stereocenters. The molecular formula is C17H11FN2O4. The molecule has 6 nitrogen and oxygen atoms in total. The van der Waals surface area contributed by atoms with Crippen LogP contribution in [0.3, 0.4) is 0 Å². The van der Waals surface area contributed by atoms with Crippen molar-refractivity contribution in [2.45, 2.75) is 6.92 Å². The van der Waals surface area contributed by atoms with Gasteiger partial charge in [0.1, 0.15) is 5.82 Å². The summed E-state index contributed by atoms with van der Waals surface area (Å²) >= 11 is 0. The van der Waals surface area contributed by atoms with E-state index >= 15 is 0 Å². The predicted molar refractivity (Wildman–Crippen MR) is 84.8 cm³/mol. The van der Waals surface area contributed by atoms with E-state index in [0.29, 0.717) is 16.7 Å². The molecule has 1 aliphatic heterocycles. The average molecular weight is 326 g/mol. The first-order chi connectivity index (χ1) is 11.4. The number of nitrogens with zero attached hydrogens (tertiary/aromatic N) is 2. The first kappa shape index (κ1) is 15.5. The Kier molecular flexibility index (Phi) is 3.91. The highest BCUT2D eigenvalue weighted by molar-refractivity contribution is 6.13. The first-order valence-electron chi connectivity index (χ1n) is 6.97. The highest BCUT2D eigenvalue weighted by Crippen LogP contribution is 2.24. The second-order valence-corrected chi connectivity index (χ2v) is 5.15. The molecule has 0 saturated heterocycles. The van der Waals surface area contributed by atoms with E-state index in [9.17, 15) is 19.3 Å². The van der Waals surface area contributed by atoms with Crippen molar-refractivity contribution < 1.29 is 18.8 Å². The van der Waals surface area contributed by atoms with Crippen LogP contribution in [0.15, 0.2) is 53.2 Å². The van der Waals surface area contributed by atoms with E-state index in [1.165, 1.54) is 30.3 Å². The fourth-order valence-electron chi connectivity index (χ4n) is 2.23. The van der Waals surface area contributed by atoms with Crippen LogP contribution in [0.5, 0.6) is 0 Å². The molecule has 0 atom stereocenters. The van der Waals surface area contributed by atoms with Gasteiger partial charge < -0.3 is 4.74 Å². The molecule has 24 heavy (non-hydrogen) atoms. The maximum Gasteiger partial charge on any atom is 0.363 e. The lowest BCUT2D eigenvalue weighted by Crippen LogP contribution is -2.06. The van der Waals surface area contributed by atoms with Crippen LogP contribution in [-0.4, -0.2) is 16.8 Å². The van der Waals surface area contributed by atoms with E-state index < -0.39 is 16.7 Å². The lowest BCUT2D eigenvalue weighted by atomic mass is 10.1. The quantitative estimate of drug-likeness (QED) is 0.375. The van der Waals surface area contributed by atoms with E-state index in [2.05, 4.69) is 4.99 Å². The zero-order chi connectivity index (χ0) is 17.3. The Hall–Kier alpha value is -3.35. The molecule has 1 heterocycles. The molecule has 0 spiro atoms. The number of nitro benzene ring substituents is 1. The number of hydrogen-bond donors (Lipinski definition) is 0. The van der Waals surface area contributed by atoms with Crippen molar-refractivity contribution in [1.29, 1.82) is 0 Å². The summed E-state index contributed by atoms with van der Waals surface area (Å²) in [6.45, 7) is 1.61. The summed E-state index contributed by atoms with van der Waals surface area (Å²) in [6, 6.07) is 10.1. The molecule has 3 rings (SSSR count). The molecule has 0 bridgehead atoms. The number of benzene rings is 2. The van der Waals surface area contributed by atoms with Gasteiger partial charge in [-0.3, -0.25) is 10.1 Å². The molecule has 0 radical (unpaired) electrons. The number of cyclic esters (lactones) is 1. The SMILES string of the molecule is Cc1ccc(C2=N/C(=C/c3cccc(F)c3)C(=O)O2)cc1[N+](=O)[O-]. The molecule has 0 fully saturated rings. The molecule has 2 aromatic carbocycles. The topological polar surface area (TPSA) is 81.8 Å². The second-order valence-electron chi connectivity index (χ2n) is 5.15. The third-order valence-corrected chi connectivity index (χ3v) is 3.43. The van der Waals surface area contributed by atoms with E-state index in [1.54, 1.807) is 25.1 Å². The van der Waals surface area contributed by atoms with Gasteiger partial charge in [-0.25, -0.2) is 14.2 Å². The van der Waals surface area contributed by atoms with Crippen LogP contribution in [0.25, 0.3) is 6.08 Å². The Balaban J connectivity index is 1.98. The molecule has 7 heteroatoms. The van der Waals surface area contributed by atoms with Crippen molar-refractivity contribution in [3.63, 3.8) is 0 Å². The molecule has 120 valence electrons. The first-order valence-corrected chi connectivity index (χ1v) is 6.97. The smallest absolute Gasteiger partial charge is 0.363 e. The minimum absolute atomic E-state index is 0.00109. The second kappa shape index (κ2) is 6.04. The van der Waals surface area contributed by atoms with Crippen LogP contribution in [0.4, 0.5) is 10.1 Å². The maximum atomic E-state index is 13.2. The number of ether oxygens (including phenoxy) is 1. The fraction of sp³-hybridized carbons (Fsp3) is 0.0588. The van der Waals surface area contributed by atoms with E-state index in [4.69, 9.17) is 4.74 Å². The largest absolute Gasteiger partial charge is 0.402 e. The highest BCUT2D eigenvalue weighted by atomic mass is 19.1. The van der Waals surface area contributed by atoms with Gasteiger partial charge in [0.05, 0.1) is 4.92 Å². The van der Waals surface area contributed by atoms with Gasteiger partial charge >= 0.3 is 5.97 Å². The van der Waals surface area contributed by atoms with Gasteiger partial charge in [-0.15, -0.1) is 0 Å². The Morgan fingerprint density at radius 2 is 2.04 bits per heavy atom. The van der Waals surface area contributed by atoms with Gasteiger partial charge in [0, 0.05) is 17.2 Å². The van der Waals surface area contributed by atoms with Crippen LogP contribution < -0.4 is 0 Å². The predicted octanol–water partition coefficient (Wildman–Crippen LogP) is 3.39. The van der Waals surface area contributed by atoms with Gasteiger partial charge in [-0.1, -0.05) is 18.2 Å². The van der Waals surface area contributed by atoms with Crippen LogP contribution in [-0.2, 0) is 9.53 Å². The van der Waals surface area contributed by atoms with E-state index in [0.717, 1.165) is 0 Å². The van der Waals surface area contributed by atoms with E-state index in [-0.39, 0.29) is 17.3 Å². The Morgan fingerprint density at radius 3 is 2.75 bits per heavy atom. The van der Waals surface area contributed by atoms with Crippen molar-refractivity contribution >= 4 is 23.6 Å². The molecular weight excluding hydrogens is 315 g/mol. The van der Waals surface area contributed by atoms with Crippen molar-refractivity contribution in [1.82, 2.24) is 0 Å². The van der Waals surface area contributed by atoms with Crippen LogP contribution >= 0.6 is 0 Å². The lowest BCUT2D eigenvalue weighted by molar-refractivity contribution is -0.385. The summed E-state index contributed by atoms with van der Waals surface area (Å²) in [7, 11) is 0. The number of esters is 1. The van der Waals surface area contributed by atoms with Crippen LogP contribution in [0.1, 0.15) is 16.7 Å². The van der Waals surface area contributed by atoms with E-state index in [1.807, 2.05) is 0 Å². The number of halogens is 1. The number of hydrogen-bond acceptors (Lipinski definition) is 5. The van der Waals surface area contributed by atoms with Crippen molar-refractivity contribution in [2.24, 2.45) is 4.99 Å². The molecule has 1 aliphatic rings. The summed E-state index contributed by atoms with van der Waals surface area (Å²) in [4.78, 5) is 26.4. The highest BCUT2D eigenvalue weighted by Gasteiger charge is 2.25. The third-order valence-electron chi connectivity index (χ3n) is 3.43. The molecule has 0 aromatic heterocycles. The zero-order valence-electron chi connectivity index (χ0n) is 12.5. The Labute approximate surface area is 136 Å². The summed E-state index contributed by atoms with van der Waals surface area (Å²) in [5.41, 5.74) is 1.18. The van der Waals surface area contributed by atoms with Gasteiger partial charge in [-0.2, -0.15) is 0 Å². The number of carbonyl (C=O) groups excluding carboxylic acids is 1. The number of nitro groups is 1. The minimum atomic E-state index is -0.697. The summed E-state index contributed by atoms with van der Waals surface area (Å²) in [5, 5.41) is 11.0. The minimum Gasteiger partial charge on any atom is -0.402 e. The standard InChI is InChI=1S/C17H11FN2O4/c1-10-5-6-12(9-15(10)20(22)23)16-19-14(17(21)24-16)8-11-3-2-4-13(18)7-11/h2-9H,1H3/b14-8+. The lowest BCUT2D eigenvalue weighted by Gasteiger charge is -2.01. The molecule has 2 aromatic rings. The Morgan fingerprint density at radius 1 is 1.25 bits per heavy atom. The van der Waals surface area contributed by atoms with Crippen LogP contribution in [0, 0.1) is 22.9 Å². The number of aryl methyl sites for hydroxylation is 1. The monoisotopic (exact) mass is 326 g/mol. The zero-order valence-corrected chi connectivity index (χ0v) is 12.5. The van der Waals surface area contributed by atoms with Crippen molar-refractivity contribution in [3.05, 3.63) is 80.8 Å². The van der Waals surface area contributed by atoms with Crippen LogP contribution in [0.2, 0.25) is 0 Å². The number of carbonyl (C=O) groups is 1. The number of aliphatic imine (C=N–C) groups is 1. The summed E-state index contributed by atoms with van der Waals surface area (Å²) in [5.74, 6) is -1.16. The average Bonchev–Trinajstić information content (AvgIpc) is 2.88. The van der Waals surface area contributed by atoms with Gasteiger partial charge in [-0.05, 0) is 36.8 Å².